The summed E-state index contributed by atoms with van der Waals surface area (Å²) in [6.45, 7) is 3.41. The van der Waals surface area contributed by atoms with Crippen LogP contribution in [0.3, 0.4) is 0 Å². The molecule has 0 aliphatic heterocycles. The van der Waals surface area contributed by atoms with Gasteiger partial charge in [0.1, 0.15) is 12.4 Å². The summed E-state index contributed by atoms with van der Waals surface area (Å²) in [6, 6.07) is 16.6. The maximum Gasteiger partial charge on any atom is 0.264 e. The lowest BCUT2D eigenvalue weighted by Crippen LogP contribution is -2.42. The first-order chi connectivity index (χ1) is 16.7. The number of nitrogens with zero attached hydrogens (tertiary/aromatic N) is 1. The molecule has 0 aromatic heterocycles. The SMILES string of the molecule is CC[C@H](NC(=O)CN(c1ccc(F)cc1)S(=O)(=O)c1ccc(OC)c(OC)c1)c1ccc(C)cc1. The normalized spacial score (nSPS) is 12.0. The van der Waals surface area contributed by atoms with Gasteiger partial charge in [0.15, 0.2) is 11.5 Å². The number of hydrogen-bond acceptors (Lipinski definition) is 5. The van der Waals surface area contributed by atoms with E-state index in [9.17, 15) is 17.6 Å². The molecule has 0 aliphatic carbocycles. The Bertz CT molecular complexity index is 1260. The molecule has 0 spiro atoms. The highest BCUT2D eigenvalue weighted by Gasteiger charge is 2.29. The molecule has 3 aromatic rings. The van der Waals surface area contributed by atoms with E-state index in [0.29, 0.717) is 12.2 Å². The minimum Gasteiger partial charge on any atom is -0.493 e. The number of anilines is 1. The maximum atomic E-state index is 13.6. The quantitative estimate of drug-likeness (QED) is 0.439. The third-order valence-electron chi connectivity index (χ3n) is 5.57. The van der Waals surface area contributed by atoms with Crippen LogP contribution in [-0.2, 0) is 14.8 Å². The van der Waals surface area contributed by atoms with Gasteiger partial charge in [0.05, 0.1) is 30.8 Å². The summed E-state index contributed by atoms with van der Waals surface area (Å²) in [4.78, 5) is 13.0. The van der Waals surface area contributed by atoms with Crippen molar-refractivity contribution in [2.45, 2.75) is 31.2 Å². The molecule has 1 amide bonds. The molecule has 35 heavy (non-hydrogen) atoms. The maximum absolute atomic E-state index is 13.6. The van der Waals surface area contributed by atoms with Crippen LogP contribution in [0.1, 0.15) is 30.5 Å². The van der Waals surface area contributed by atoms with Gasteiger partial charge in [-0.15, -0.1) is 0 Å². The van der Waals surface area contributed by atoms with Gasteiger partial charge in [-0.25, -0.2) is 12.8 Å². The summed E-state index contributed by atoms with van der Waals surface area (Å²) >= 11 is 0. The van der Waals surface area contributed by atoms with Crippen molar-refractivity contribution < 1.29 is 27.1 Å². The second-order valence-corrected chi connectivity index (χ2v) is 9.81. The molecular weight excluding hydrogens is 471 g/mol. The number of carbonyl (C=O) groups excluding carboxylic acids is 1. The molecule has 0 radical (unpaired) electrons. The Kier molecular flexibility index (Phi) is 8.34. The molecule has 0 unspecified atom stereocenters. The number of halogens is 1. The second kappa shape index (κ2) is 11.2. The Hall–Kier alpha value is -3.59. The van der Waals surface area contributed by atoms with Gasteiger partial charge >= 0.3 is 0 Å². The molecule has 0 heterocycles. The van der Waals surface area contributed by atoms with Crippen LogP contribution < -0.4 is 19.1 Å². The predicted molar refractivity (Wildman–Crippen MR) is 133 cm³/mol. The fraction of sp³-hybridized carbons (Fsp3) is 0.269. The fourth-order valence-electron chi connectivity index (χ4n) is 3.62. The van der Waals surface area contributed by atoms with Crippen molar-refractivity contribution in [3.8, 4) is 11.5 Å². The topological polar surface area (TPSA) is 84.9 Å². The number of sulfonamides is 1. The van der Waals surface area contributed by atoms with Crippen molar-refractivity contribution >= 4 is 21.6 Å². The van der Waals surface area contributed by atoms with Gasteiger partial charge in [0.25, 0.3) is 10.0 Å². The molecule has 0 bridgehead atoms. The Balaban J connectivity index is 1.95. The van der Waals surface area contributed by atoms with E-state index >= 15 is 0 Å². The van der Waals surface area contributed by atoms with Gasteiger partial charge in [-0.2, -0.15) is 0 Å². The highest BCUT2D eigenvalue weighted by atomic mass is 32.2. The number of benzene rings is 3. The van der Waals surface area contributed by atoms with Gasteiger partial charge in [0.2, 0.25) is 5.91 Å². The van der Waals surface area contributed by atoms with Gasteiger partial charge in [-0.3, -0.25) is 9.10 Å². The fourth-order valence-corrected chi connectivity index (χ4v) is 5.05. The number of nitrogens with one attached hydrogen (secondary N) is 1. The summed E-state index contributed by atoms with van der Waals surface area (Å²) in [7, 11) is -1.38. The number of rotatable bonds is 10. The first-order valence-corrected chi connectivity index (χ1v) is 12.5. The Morgan fingerprint density at radius 2 is 1.60 bits per heavy atom. The van der Waals surface area contributed by atoms with Crippen LogP contribution in [0.4, 0.5) is 10.1 Å². The van der Waals surface area contributed by atoms with Crippen LogP contribution in [0.2, 0.25) is 0 Å². The number of ether oxygens (including phenoxy) is 2. The molecule has 3 aromatic carbocycles. The van der Waals surface area contributed by atoms with E-state index in [-0.39, 0.29) is 22.4 Å². The summed E-state index contributed by atoms with van der Waals surface area (Å²) in [5.74, 6) is -0.429. The molecule has 0 saturated carbocycles. The van der Waals surface area contributed by atoms with Crippen LogP contribution in [0.5, 0.6) is 11.5 Å². The third-order valence-corrected chi connectivity index (χ3v) is 7.34. The minimum absolute atomic E-state index is 0.0992. The number of methoxy groups -OCH3 is 2. The zero-order valence-corrected chi connectivity index (χ0v) is 20.9. The highest BCUT2D eigenvalue weighted by molar-refractivity contribution is 7.92. The van der Waals surface area contributed by atoms with Crippen LogP contribution in [0, 0.1) is 12.7 Å². The lowest BCUT2D eigenvalue weighted by molar-refractivity contribution is -0.120. The highest BCUT2D eigenvalue weighted by Crippen LogP contribution is 2.32. The first-order valence-electron chi connectivity index (χ1n) is 11.1. The van der Waals surface area contributed by atoms with E-state index in [1.165, 1.54) is 44.6 Å². The van der Waals surface area contributed by atoms with E-state index in [1.54, 1.807) is 0 Å². The Labute approximate surface area is 205 Å². The summed E-state index contributed by atoms with van der Waals surface area (Å²) in [6.07, 6.45) is 0.619. The van der Waals surface area contributed by atoms with E-state index < -0.39 is 28.3 Å². The lowest BCUT2D eigenvalue weighted by Gasteiger charge is -2.26. The van der Waals surface area contributed by atoms with Crippen LogP contribution in [-0.4, -0.2) is 35.1 Å². The van der Waals surface area contributed by atoms with Gasteiger partial charge in [-0.05, 0) is 55.3 Å². The molecule has 7 nitrogen and oxygen atoms in total. The van der Waals surface area contributed by atoms with Gasteiger partial charge < -0.3 is 14.8 Å². The zero-order chi connectivity index (χ0) is 25.6. The van der Waals surface area contributed by atoms with Crippen LogP contribution >= 0.6 is 0 Å². The summed E-state index contributed by atoms with van der Waals surface area (Å²) in [5.41, 5.74) is 2.17. The molecule has 0 saturated heterocycles. The molecular formula is C26H29FN2O5S. The lowest BCUT2D eigenvalue weighted by atomic mass is 10.0. The number of carbonyl (C=O) groups is 1. The van der Waals surface area contributed by atoms with E-state index in [0.717, 1.165) is 27.6 Å². The molecule has 0 aliphatic rings. The minimum atomic E-state index is -4.22. The second-order valence-electron chi connectivity index (χ2n) is 7.94. The molecule has 186 valence electrons. The molecule has 1 atom stereocenters. The third kappa shape index (κ3) is 6.10. The number of amides is 1. The van der Waals surface area contributed by atoms with Crippen LogP contribution in [0.15, 0.2) is 71.6 Å². The first kappa shape index (κ1) is 26.0. The Morgan fingerprint density at radius 3 is 2.17 bits per heavy atom. The molecule has 3 rings (SSSR count). The number of hydrogen-bond donors (Lipinski definition) is 1. The van der Waals surface area contributed by atoms with Crippen molar-refractivity contribution in [2.75, 3.05) is 25.1 Å². The van der Waals surface area contributed by atoms with Crippen molar-refractivity contribution in [3.05, 3.63) is 83.7 Å². The largest absolute Gasteiger partial charge is 0.493 e. The molecule has 9 heteroatoms. The summed E-state index contributed by atoms with van der Waals surface area (Å²) in [5, 5.41) is 2.91. The smallest absolute Gasteiger partial charge is 0.264 e. The van der Waals surface area contributed by atoms with Gasteiger partial charge in [0, 0.05) is 6.07 Å². The molecule has 1 N–H and O–H groups in total. The standard InChI is InChI=1S/C26H29FN2O5S/c1-5-23(19-8-6-18(2)7-9-19)28-26(30)17-29(21-12-10-20(27)11-13-21)35(31,32)22-14-15-24(33-3)25(16-22)34-4/h6-16,23H,5,17H2,1-4H3,(H,28,30)/t23-/m0/s1. The van der Waals surface area contributed by atoms with E-state index in [4.69, 9.17) is 9.47 Å². The van der Waals surface area contributed by atoms with Crippen LogP contribution in [0.25, 0.3) is 0 Å². The molecule has 0 fully saturated rings. The predicted octanol–water partition coefficient (Wildman–Crippen LogP) is 4.61. The number of aryl methyl sites for hydroxylation is 1. The van der Waals surface area contributed by atoms with Crippen molar-refractivity contribution in [3.63, 3.8) is 0 Å². The van der Waals surface area contributed by atoms with Crippen molar-refractivity contribution in [1.29, 1.82) is 0 Å². The average molecular weight is 501 g/mol. The monoisotopic (exact) mass is 500 g/mol. The van der Waals surface area contributed by atoms with E-state index in [1.807, 2.05) is 38.1 Å². The zero-order valence-electron chi connectivity index (χ0n) is 20.1. The van der Waals surface area contributed by atoms with Crippen molar-refractivity contribution in [1.82, 2.24) is 5.32 Å². The van der Waals surface area contributed by atoms with E-state index in [2.05, 4.69) is 5.32 Å². The average Bonchev–Trinajstić information content (AvgIpc) is 2.86. The Morgan fingerprint density at radius 1 is 0.971 bits per heavy atom. The summed E-state index contributed by atoms with van der Waals surface area (Å²) < 4.78 is 52.2. The van der Waals surface area contributed by atoms with Gasteiger partial charge in [-0.1, -0.05) is 36.8 Å². The van der Waals surface area contributed by atoms with Crippen molar-refractivity contribution in [2.24, 2.45) is 0 Å².